The first-order valence-corrected chi connectivity index (χ1v) is 4.58. The van der Waals surface area contributed by atoms with E-state index in [1.54, 1.807) is 0 Å². The van der Waals surface area contributed by atoms with Crippen molar-refractivity contribution >= 4 is 43.4 Å². The molecule has 0 spiro atoms. The normalized spacial score (nSPS) is 25.0. The number of carbonyl (C=O) groups is 2. The maximum atomic E-state index is 11.0. The summed E-state index contributed by atoms with van der Waals surface area (Å²) in [4.78, 5) is 21.8. The molecule has 0 unspecified atom stereocenters. The number of carbonyl (C=O) groups excluding carboxylic acids is 2. The first-order valence-electron chi connectivity index (χ1n) is 2.99. The molecule has 56 valence electrons. The molecule has 0 heterocycles. The van der Waals surface area contributed by atoms with E-state index in [0.29, 0.717) is 12.8 Å². The summed E-state index contributed by atoms with van der Waals surface area (Å²) in [6.45, 7) is 0. The second kappa shape index (κ2) is 2.74. The molecule has 0 amide bonds. The minimum Gasteiger partial charge on any atom is -0.291 e. The number of hydrogen-bond donors (Lipinski definition) is 0. The zero-order chi connectivity index (χ0) is 7.78. The van der Waals surface area contributed by atoms with Gasteiger partial charge in [0.2, 0.25) is 11.6 Å². The van der Waals surface area contributed by atoms with Gasteiger partial charge in [0, 0.05) is 6.42 Å². The standard InChI is InChI=1S/C6H6Br2O2/c7-6(8)3-1-2-4(9)5(6)10/h1-3H2. The average Bonchev–Trinajstić information content (AvgIpc) is 1.83. The number of alkyl halides is 2. The highest BCUT2D eigenvalue weighted by Gasteiger charge is 2.39. The highest BCUT2D eigenvalue weighted by molar-refractivity contribution is 9.26. The molecule has 0 aromatic rings. The topological polar surface area (TPSA) is 34.1 Å². The molecule has 0 bridgehead atoms. The Morgan fingerprint density at radius 2 is 1.90 bits per heavy atom. The van der Waals surface area contributed by atoms with Gasteiger partial charge in [0.25, 0.3) is 0 Å². The third-order valence-corrected chi connectivity index (χ3v) is 2.99. The van der Waals surface area contributed by atoms with E-state index in [-0.39, 0.29) is 11.6 Å². The Labute approximate surface area is 75.6 Å². The van der Waals surface area contributed by atoms with Crippen LogP contribution in [0.25, 0.3) is 0 Å². The van der Waals surface area contributed by atoms with Crippen LogP contribution < -0.4 is 0 Å². The van der Waals surface area contributed by atoms with Gasteiger partial charge in [-0.2, -0.15) is 0 Å². The van der Waals surface area contributed by atoms with Crippen molar-refractivity contribution in [1.29, 1.82) is 0 Å². The van der Waals surface area contributed by atoms with Gasteiger partial charge in [-0.3, -0.25) is 9.59 Å². The van der Waals surface area contributed by atoms with E-state index in [9.17, 15) is 9.59 Å². The summed E-state index contributed by atoms with van der Waals surface area (Å²) in [6.07, 6.45) is 1.87. The lowest BCUT2D eigenvalue weighted by atomic mass is 9.98. The van der Waals surface area contributed by atoms with E-state index >= 15 is 0 Å². The van der Waals surface area contributed by atoms with Crippen molar-refractivity contribution in [1.82, 2.24) is 0 Å². The van der Waals surface area contributed by atoms with E-state index in [2.05, 4.69) is 31.9 Å². The first-order chi connectivity index (χ1) is 4.54. The molecule has 0 radical (unpaired) electrons. The van der Waals surface area contributed by atoms with Crippen LogP contribution in [-0.2, 0) is 9.59 Å². The number of rotatable bonds is 0. The molecule has 1 saturated carbocycles. The maximum Gasteiger partial charge on any atom is 0.225 e. The lowest BCUT2D eigenvalue weighted by Crippen LogP contribution is -2.35. The summed E-state index contributed by atoms with van der Waals surface area (Å²) in [6, 6.07) is 0. The molecule has 10 heavy (non-hydrogen) atoms. The molecule has 4 heteroatoms. The van der Waals surface area contributed by atoms with Crippen molar-refractivity contribution in [2.45, 2.75) is 22.5 Å². The third kappa shape index (κ3) is 1.48. The molecular weight excluding hydrogens is 264 g/mol. The Kier molecular flexibility index (Phi) is 2.30. The second-order valence-corrected chi connectivity index (χ2v) is 6.08. The van der Waals surface area contributed by atoms with Gasteiger partial charge in [-0.05, 0) is 12.8 Å². The minimum atomic E-state index is -0.755. The molecule has 0 aromatic carbocycles. The fourth-order valence-electron chi connectivity index (χ4n) is 0.902. The van der Waals surface area contributed by atoms with Crippen LogP contribution in [0.15, 0.2) is 0 Å². The van der Waals surface area contributed by atoms with Gasteiger partial charge < -0.3 is 0 Å². The summed E-state index contributed by atoms with van der Waals surface area (Å²) < 4.78 is -0.755. The van der Waals surface area contributed by atoms with E-state index < -0.39 is 3.23 Å². The maximum absolute atomic E-state index is 11.0. The lowest BCUT2D eigenvalue weighted by molar-refractivity contribution is -0.137. The van der Waals surface area contributed by atoms with Crippen molar-refractivity contribution in [2.24, 2.45) is 0 Å². The largest absolute Gasteiger partial charge is 0.291 e. The van der Waals surface area contributed by atoms with Crippen LogP contribution in [0.2, 0.25) is 0 Å². The van der Waals surface area contributed by atoms with Crippen molar-refractivity contribution in [3.8, 4) is 0 Å². The van der Waals surface area contributed by atoms with Gasteiger partial charge in [0.05, 0.1) is 0 Å². The number of halogens is 2. The molecule has 0 saturated heterocycles. The van der Waals surface area contributed by atoms with E-state index in [1.807, 2.05) is 0 Å². The second-order valence-electron chi connectivity index (χ2n) is 2.31. The van der Waals surface area contributed by atoms with Crippen molar-refractivity contribution in [3.05, 3.63) is 0 Å². The van der Waals surface area contributed by atoms with Gasteiger partial charge in [0.1, 0.15) is 3.23 Å². The minimum absolute atomic E-state index is 0.278. The third-order valence-electron chi connectivity index (χ3n) is 1.48. The fourth-order valence-corrected chi connectivity index (χ4v) is 1.90. The summed E-state index contributed by atoms with van der Waals surface area (Å²) >= 11 is 6.29. The molecule has 0 atom stereocenters. The van der Waals surface area contributed by atoms with Gasteiger partial charge >= 0.3 is 0 Å². The summed E-state index contributed by atoms with van der Waals surface area (Å²) in [5, 5.41) is 0. The molecule has 0 N–H and O–H groups in total. The molecule has 1 fully saturated rings. The van der Waals surface area contributed by atoms with Crippen LogP contribution in [0.3, 0.4) is 0 Å². The Morgan fingerprint density at radius 1 is 1.30 bits per heavy atom. The molecule has 1 aliphatic rings. The smallest absolute Gasteiger partial charge is 0.225 e. The molecule has 0 aromatic heterocycles. The predicted molar refractivity (Wildman–Crippen MR) is 44.5 cm³/mol. The zero-order valence-corrected chi connectivity index (χ0v) is 8.37. The quantitative estimate of drug-likeness (QED) is 0.496. The Hall–Kier alpha value is 0.300. The Bertz CT molecular complexity index is 186. The van der Waals surface area contributed by atoms with Crippen molar-refractivity contribution in [3.63, 3.8) is 0 Å². The average molecular weight is 270 g/mol. The highest BCUT2D eigenvalue weighted by Crippen LogP contribution is 2.36. The van der Waals surface area contributed by atoms with E-state index in [4.69, 9.17) is 0 Å². The van der Waals surface area contributed by atoms with Crippen LogP contribution in [0.1, 0.15) is 19.3 Å². The van der Waals surface area contributed by atoms with Crippen molar-refractivity contribution < 1.29 is 9.59 Å². The molecule has 1 rings (SSSR count). The summed E-state index contributed by atoms with van der Waals surface area (Å²) in [7, 11) is 0. The SMILES string of the molecule is O=C1CCCC(Br)(Br)C1=O. The molecule has 0 aliphatic heterocycles. The highest BCUT2D eigenvalue weighted by atomic mass is 79.9. The number of hydrogen-bond acceptors (Lipinski definition) is 2. The first kappa shape index (κ1) is 8.40. The van der Waals surface area contributed by atoms with Gasteiger partial charge in [-0.1, -0.05) is 31.9 Å². The van der Waals surface area contributed by atoms with Crippen LogP contribution in [0, 0.1) is 0 Å². The predicted octanol–water partition coefficient (Wildman–Crippen LogP) is 1.79. The number of ketones is 2. The lowest BCUT2D eigenvalue weighted by Gasteiger charge is -2.21. The van der Waals surface area contributed by atoms with Gasteiger partial charge in [0.15, 0.2) is 0 Å². The molecule has 1 aliphatic carbocycles. The van der Waals surface area contributed by atoms with Crippen LogP contribution >= 0.6 is 31.9 Å². The Balaban J connectivity index is 2.79. The monoisotopic (exact) mass is 268 g/mol. The van der Waals surface area contributed by atoms with Crippen molar-refractivity contribution in [2.75, 3.05) is 0 Å². The van der Waals surface area contributed by atoms with Crippen LogP contribution in [0.5, 0.6) is 0 Å². The summed E-state index contributed by atoms with van der Waals surface area (Å²) in [5.74, 6) is -0.626. The number of Topliss-reactive ketones (excluding diaryl/α,β-unsaturated/α-hetero) is 2. The fraction of sp³-hybridized carbons (Fsp3) is 0.667. The van der Waals surface area contributed by atoms with E-state index in [1.165, 1.54) is 0 Å². The summed E-state index contributed by atoms with van der Waals surface area (Å²) in [5.41, 5.74) is 0. The molecule has 2 nitrogen and oxygen atoms in total. The van der Waals surface area contributed by atoms with Gasteiger partial charge in [-0.25, -0.2) is 0 Å². The Morgan fingerprint density at radius 3 is 2.30 bits per heavy atom. The zero-order valence-electron chi connectivity index (χ0n) is 5.19. The van der Waals surface area contributed by atoms with E-state index in [0.717, 1.165) is 6.42 Å². The molecular formula is C6H6Br2O2. The van der Waals surface area contributed by atoms with Crippen LogP contribution in [-0.4, -0.2) is 14.8 Å². The van der Waals surface area contributed by atoms with Crippen LogP contribution in [0.4, 0.5) is 0 Å². The van der Waals surface area contributed by atoms with Gasteiger partial charge in [-0.15, -0.1) is 0 Å².